The van der Waals surface area contributed by atoms with E-state index in [1.165, 1.54) is 7.11 Å². The second-order valence-corrected chi connectivity index (χ2v) is 6.13. The maximum Gasteiger partial charge on any atom is 0.438 e. The predicted molar refractivity (Wildman–Crippen MR) is 92.1 cm³/mol. The summed E-state index contributed by atoms with van der Waals surface area (Å²) >= 11 is 0. The quantitative estimate of drug-likeness (QED) is 0.889. The summed E-state index contributed by atoms with van der Waals surface area (Å²) in [5.41, 5.74) is -2.48. The Hall–Kier alpha value is -2.87. The summed E-state index contributed by atoms with van der Waals surface area (Å²) in [6.07, 6.45) is -6.22. The van der Waals surface area contributed by atoms with Crippen molar-refractivity contribution in [1.82, 2.24) is 5.01 Å². The number of nitrogens with zero attached hydrogens (tertiary/aromatic N) is 2. The van der Waals surface area contributed by atoms with Crippen LogP contribution in [0.25, 0.3) is 0 Å². The lowest BCUT2D eigenvalue weighted by Gasteiger charge is -2.32. The van der Waals surface area contributed by atoms with Gasteiger partial charge in [0.15, 0.2) is 0 Å². The van der Waals surface area contributed by atoms with Gasteiger partial charge in [0.25, 0.3) is 5.72 Å². The molecule has 0 spiro atoms. The highest BCUT2D eigenvalue weighted by Gasteiger charge is 2.63. The molecule has 1 aliphatic rings. The van der Waals surface area contributed by atoms with Gasteiger partial charge in [0.1, 0.15) is 5.75 Å². The predicted octanol–water partition coefficient (Wildman–Crippen LogP) is 3.13. The van der Waals surface area contributed by atoms with E-state index in [1.807, 2.05) is 0 Å². The Labute approximate surface area is 153 Å². The lowest BCUT2D eigenvalue weighted by Crippen LogP contribution is -2.57. The summed E-state index contributed by atoms with van der Waals surface area (Å²) in [6, 6.07) is 14.5. The SMILES string of the molecule is COc1ccc(CC(=O)N2N=C(c3ccccc3)C[C@@]2(O)C(F)(F)F)cc1. The van der Waals surface area contributed by atoms with E-state index in [1.54, 1.807) is 54.6 Å². The van der Waals surface area contributed by atoms with Crippen molar-refractivity contribution in [1.29, 1.82) is 0 Å². The van der Waals surface area contributed by atoms with Gasteiger partial charge in [-0.1, -0.05) is 42.5 Å². The molecule has 27 heavy (non-hydrogen) atoms. The van der Waals surface area contributed by atoms with Crippen molar-refractivity contribution >= 4 is 11.6 Å². The second kappa shape index (κ2) is 7.03. The first-order chi connectivity index (χ1) is 12.7. The van der Waals surface area contributed by atoms with Crippen LogP contribution in [0.4, 0.5) is 13.2 Å². The molecule has 3 rings (SSSR count). The molecule has 8 heteroatoms. The Balaban J connectivity index is 1.90. The molecule has 2 aromatic carbocycles. The summed E-state index contributed by atoms with van der Waals surface area (Å²) in [5.74, 6) is -0.394. The fourth-order valence-corrected chi connectivity index (χ4v) is 2.81. The maximum atomic E-state index is 13.5. The molecule has 0 bridgehead atoms. The minimum absolute atomic E-state index is 0.00138. The Morgan fingerprint density at radius 2 is 1.81 bits per heavy atom. The van der Waals surface area contributed by atoms with Crippen LogP contribution in [0.3, 0.4) is 0 Å². The van der Waals surface area contributed by atoms with Crippen LogP contribution in [-0.2, 0) is 11.2 Å². The fourth-order valence-electron chi connectivity index (χ4n) is 2.81. The van der Waals surface area contributed by atoms with E-state index in [-0.39, 0.29) is 17.1 Å². The molecule has 0 saturated carbocycles. The van der Waals surface area contributed by atoms with Gasteiger partial charge in [0.2, 0.25) is 5.91 Å². The third kappa shape index (κ3) is 3.66. The van der Waals surface area contributed by atoms with Crippen LogP contribution in [0.2, 0.25) is 0 Å². The van der Waals surface area contributed by atoms with Gasteiger partial charge in [-0.15, -0.1) is 0 Å². The molecule has 0 aromatic heterocycles. The van der Waals surface area contributed by atoms with Crippen molar-refractivity contribution in [3.8, 4) is 5.75 Å². The summed E-state index contributed by atoms with van der Waals surface area (Å²) in [7, 11) is 1.48. The zero-order chi connectivity index (χ0) is 19.7. The van der Waals surface area contributed by atoms with E-state index in [0.29, 0.717) is 16.9 Å². The number of aliphatic hydroxyl groups is 1. The normalized spacial score (nSPS) is 19.7. The maximum absolute atomic E-state index is 13.5. The summed E-state index contributed by atoms with van der Waals surface area (Å²) in [6.45, 7) is 0. The zero-order valence-electron chi connectivity index (χ0n) is 14.4. The molecule has 1 atom stereocenters. The lowest BCUT2D eigenvalue weighted by molar-refractivity contribution is -0.302. The number of alkyl halides is 3. The summed E-state index contributed by atoms with van der Waals surface area (Å²) in [5, 5.41) is 14.3. The smallest absolute Gasteiger partial charge is 0.438 e. The molecule has 0 fully saturated rings. The monoisotopic (exact) mass is 378 g/mol. The molecule has 1 aliphatic heterocycles. The van der Waals surface area contributed by atoms with E-state index < -0.39 is 24.2 Å². The van der Waals surface area contributed by atoms with Crippen LogP contribution >= 0.6 is 0 Å². The summed E-state index contributed by atoms with van der Waals surface area (Å²) < 4.78 is 45.7. The van der Waals surface area contributed by atoms with Gasteiger partial charge in [0, 0.05) is 0 Å². The zero-order valence-corrected chi connectivity index (χ0v) is 14.4. The Morgan fingerprint density at radius 1 is 1.19 bits per heavy atom. The molecule has 0 saturated heterocycles. The van der Waals surface area contributed by atoms with Gasteiger partial charge in [-0.3, -0.25) is 4.79 Å². The van der Waals surface area contributed by atoms with Gasteiger partial charge in [-0.2, -0.15) is 23.3 Å². The molecule has 1 heterocycles. The lowest BCUT2D eigenvalue weighted by atomic mass is 10.0. The number of benzene rings is 2. The number of hydrogen-bond donors (Lipinski definition) is 1. The Kier molecular flexibility index (Phi) is 4.93. The van der Waals surface area contributed by atoms with Crippen LogP contribution in [0.5, 0.6) is 5.75 Å². The van der Waals surface area contributed by atoms with Crippen LogP contribution in [-0.4, -0.2) is 40.7 Å². The van der Waals surface area contributed by atoms with Crippen LogP contribution < -0.4 is 4.74 Å². The van der Waals surface area contributed by atoms with Crippen molar-refractivity contribution < 1.29 is 27.8 Å². The molecule has 5 nitrogen and oxygen atoms in total. The number of rotatable bonds is 4. The average molecular weight is 378 g/mol. The molecular formula is C19H17F3N2O3. The van der Waals surface area contributed by atoms with Gasteiger partial charge >= 0.3 is 6.18 Å². The van der Waals surface area contributed by atoms with Crippen LogP contribution in [0.15, 0.2) is 59.7 Å². The van der Waals surface area contributed by atoms with Crippen molar-refractivity contribution in [2.24, 2.45) is 5.10 Å². The van der Waals surface area contributed by atoms with Crippen LogP contribution in [0, 0.1) is 0 Å². The standard InChI is InChI=1S/C19H17F3N2O3/c1-27-15-9-7-13(8-10-15)11-17(25)24-18(26,19(20,21)22)12-16(23-24)14-5-3-2-4-6-14/h2-10,26H,11-12H2,1H3/t18-/m1/s1. The second-order valence-electron chi connectivity index (χ2n) is 6.13. The van der Waals surface area contributed by atoms with E-state index in [4.69, 9.17) is 4.74 Å². The first-order valence-electron chi connectivity index (χ1n) is 8.12. The van der Waals surface area contributed by atoms with E-state index >= 15 is 0 Å². The van der Waals surface area contributed by atoms with E-state index in [9.17, 15) is 23.1 Å². The molecule has 1 amide bonds. The number of methoxy groups -OCH3 is 1. The average Bonchev–Trinajstić information content (AvgIpc) is 3.02. The Bertz CT molecular complexity index is 851. The van der Waals surface area contributed by atoms with Crippen molar-refractivity contribution in [3.05, 3.63) is 65.7 Å². The van der Waals surface area contributed by atoms with Crippen LogP contribution in [0.1, 0.15) is 17.5 Å². The molecule has 2 aromatic rings. The number of carbonyl (C=O) groups is 1. The molecule has 0 unspecified atom stereocenters. The third-order valence-corrected chi connectivity index (χ3v) is 4.30. The number of hydrazone groups is 1. The highest BCUT2D eigenvalue weighted by molar-refractivity contribution is 6.03. The van der Waals surface area contributed by atoms with Crippen molar-refractivity contribution in [2.45, 2.75) is 24.7 Å². The number of halogens is 3. The summed E-state index contributed by atoms with van der Waals surface area (Å²) in [4.78, 5) is 12.5. The fraction of sp³-hybridized carbons (Fsp3) is 0.263. The highest BCUT2D eigenvalue weighted by Crippen LogP contribution is 2.41. The minimum Gasteiger partial charge on any atom is -0.497 e. The molecule has 0 aliphatic carbocycles. The number of ether oxygens (including phenoxy) is 1. The third-order valence-electron chi connectivity index (χ3n) is 4.30. The van der Waals surface area contributed by atoms with Gasteiger partial charge in [0.05, 0.1) is 25.7 Å². The van der Waals surface area contributed by atoms with Gasteiger partial charge in [-0.05, 0) is 23.3 Å². The topological polar surface area (TPSA) is 62.1 Å². The molecule has 0 radical (unpaired) electrons. The van der Waals surface area contributed by atoms with E-state index in [0.717, 1.165) is 0 Å². The van der Waals surface area contributed by atoms with Gasteiger partial charge in [-0.25, -0.2) is 0 Å². The highest BCUT2D eigenvalue weighted by atomic mass is 19.4. The number of hydrogen-bond acceptors (Lipinski definition) is 4. The largest absolute Gasteiger partial charge is 0.497 e. The molecule has 1 N–H and O–H groups in total. The minimum atomic E-state index is -5.05. The molecular weight excluding hydrogens is 361 g/mol. The Morgan fingerprint density at radius 3 is 2.37 bits per heavy atom. The number of amides is 1. The van der Waals surface area contributed by atoms with Crippen molar-refractivity contribution in [2.75, 3.05) is 7.11 Å². The first-order valence-corrected chi connectivity index (χ1v) is 8.12. The van der Waals surface area contributed by atoms with Crippen molar-refractivity contribution in [3.63, 3.8) is 0 Å². The molecule has 142 valence electrons. The van der Waals surface area contributed by atoms with Gasteiger partial charge < -0.3 is 9.84 Å². The number of carbonyl (C=O) groups excluding carboxylic acids is 1. The first kappa shape index (κ1) is 18.9. The van der Waals surface area contributed by atoms with E-state index in [2.05, 4.69) is 5.10 Å².